The van der Waals surface area contributed by atoms with Gasteiger partial charge in [-0.1, -0.05) is 0 Å². The van der Waals surface area contributed by atoms with E-state index in [-0.39, 0.29) is 6.10 Å². The van der Waals surface area contributed by atoms with Crippen LogP contribution in [-0.2, 0) is 4.74 Å². The first-order chi connectivity index (χ1) is 4.93. The molecule has 66 valence electrons. The molecule has 0 bridgehead atoms. The highest BCUT2D eigenvalue weighted by Crippen LogP contribution is 2.29. The molecule has 0 saturated carbocycles. The lowest BCUT2D eigenvalue weighted by Crippen LogP contribution is -2.47. The Morgan fingerprint density at radius 3 is 2.45 bits per heavy atom. The molecule has 4 unspecified atom stereocenters. The first-order valence-electron chi connectivity index (χ1n) is 4.06. The maximum absolute atomic E-state index is 9.26. The largest absolute Gasteiger partial charge is 0.392 e. The fourth-order valence-corrected chi connectivity index (χ4v) is 1.05. The summed E-state index contributed by atoms with van der Waals surface area (Å²) < 4.78 is 5.21. The van der Waals surface area contributed by atoms with Gasteiger partial charge in [-0.25, -0.2) is 0 Å². The molecule has 0 aromatic heterocycles. The lowest BCUT2D eigenvalue weighted by Gasteiger charge is -2.26. The summed E-state index contributed by atoms with van der Waals surface area (Å²) in [5, 5.41) is 9.26. The van der Waals surface area contributed by atoms with E-state index in [9.17, 15) is 5.11 Å². The van der Waals surface area contributed by atoms with Crippen LogP contribution in [0, 0.1) is 0 Å². The Kier molecular flexibility index (Phi) is 2.23. The molecule has 1 saturated heterocycles. The second-order valence-corrected chi connectivity index (χ2v) is 3.77. The number of nitrogens with two attached hydrogens (primary N) is 1. The van der Waals surface area contributed by atoms with Crippen LogP contribution in [0.5, 0.6) is 0 Å². The molecule has 1 aliphatic heterocycles. The minimum Gasteiger partial charge on any atom is -0.392 e. The molecule has 11 heavy (non-hydrogen) atoms. The monoisotopic (exact) mass is 159 g/mol. The van der Waals surface area contributed by atoms with Crippen LogP contribution >= 0.6 is 0 Å². The Labute approximate surface area is 67.5 Å². The van der Waals surface area contributed by atoms with Gasteiger partial charge in [0.2, 0.25) is 0 Å². The van der Waals surface area contributed by atoms with Gasteiger partial charge in [0.15, 0.2) is 0 Å². The quantitative estimate of drug-likeness (QED) is 0.581. The molecule has 3 N–H and O–H groups in total. The molecule has 0 aromatic rings. The number of hydrogen-bond donors (Lipinski definition) is 2. The van der Waals surface area contributed by atoms with Crippen molar-refractivity contribution in [2.24, 2.45) is 5.73 Å². The average molecular weight is 159 g/mol. The van der Waals surface area contributed by atoms with Crippen molar-refractivity contribution in [2.75, 3.05) is 0 Å². The second kappa shape index (κ2) is 2.73. The first-order valence-corrected chi connectivity index (χ1v) is 4.06. The van der Waals surface area contributed by atoms with Crippen molar-refractivity contribution in [1.82, 2.24) is 0 Å². The van der Waals surface area contributed by atoms with E-state index < -0.39 is 11.6 Å². The smallest absolute Gasteiger partial charge is 0.0857 e. The molecule has 0 radical (unpaired) electrons. The van der Waals surface area contributed by atoms with Crippen molar-refractivity contribution in [2.45, 2.75) is 51.0 Å². The number of ether oxygens (including phenoxy) is 1. The van der Waals surface area contributed by atoms with E-state index in [4.69, 9.17) is 10.5 Å². The molecule has 0 amide bonds. The van der Waals surface area contributed by atoms with Crippen LogP contribution in [0.3, 0.4) is 0 Å². The Hall–Kier alpha value is -0.120. The molecule has 1 fully saturated rings. The third-order valence-electron chi connectivity index (χ3n) is 2.43. The summed E-state index contributed by atoms with van der Waals surface area (Å²) in [6, 6.07) is 0. The SMILES string of the molecule is CC1OC1CC(C)(N)C(C)O. The van der Waals surface area contributed by atoms with Crippen LogP contribution in [-0.4, -0.2) is 29.0 Å². The summed E-state index contributed by atoms with van der Waals surface area (Å²) in [7, 11) is 0. The van der Waals surface area contributed by atoms with Crippen LogP contribution in [0.4, 0.5) is 0 Å². The normalized spacial score (nSPS) is 37.9. The van der Waals surface area contributed by atoms with E-state index >= 15 is 0 Å². The number of aliphatic hydroxyl groups is 1. The van der Waals surface area contributed by atoms with Crippen molar-refractivity contribution in [3.63, 3.8) is 0 Å². The summed E-state index contributed by atoms with van der Waals surface area (Å²) >= 11 is 0. The highest BCUT2D eigenvalue weighted by Gasteiger charge is 2.40. The maximum Gasteiger partial charge on any atom is 0.0857 e. The molecule has 3 nitrogen and oxygen atoms in total. The summed E-state index contributed by atoms with van der Waals surface area (Å²) in [6.45, 7) is 5.59. The topological polar surface area (TPSA) is 58.8 Å². The van der Waals surface area contributed by atoms with Crippen molar-refractivity contribution in [1.29, 1.82) is 0 Å². The molecular weight excluding hydrogens is 142 g/mol. The van der Waals surface area contributed by atoms with Gasteiger partial charge in [0.25, 0.3) is 0 Å². The third kappa shape index (κ3) is 2.15. The van der Waals surface area contributed by atoms with Gasteiger partial charge >= 0.3 is 0 Å². The summed E-state index contributed by atoms with van der Waals surface area (Å²) in [6.07, 6.45) is 0.862. The molecule has 0 spiro atoms. The molecule has 0 aliphatic carbocycles. The van der Waals surface area contributed by atoms with Crippen LogP contribution in [0.25, 0.3) is 0 Å². The molecular formula is C8H17NO2. The molecule has 1 rings (SSSR count). The zero-order valence-electron chi connectivity index (χ0n) is 7.37. The van der Waals surface area contributed by atoms with Gasteiger partial charge in [-0.2, -0.15) is 0 Å². The van der Waals surface area contributed by atoms with Crippen LogP contribution in [0.1, 0.15) is 27.2 Å². The Balaban J connectivity index is 2.34. The molecule has 0 aromatic carbocycles. The fraction of sp³-hybridized carbons (Fsp3) is 1.00. The Morgan fingerprint density at radius 1 is 1.73 bits per heavy atom. The van der Waals surface area contributed by atoms with Crippen molar-refractivity contribution in [3.8, 4) is 0 Å². The number of rotatable bonds is 3. The molecule has 1 aliphatic rings. The van der Waals surface area contributed by atoms with Crippen LogP contribution in [0.2, 0.25) is 0 Å². The maximum atomic E-state index is 9.26. The molecule has 4 atom stereocenters. The summed E-state index contributed by atoms with van der Waals surface area (Å²) in [4.78, 5) is 0. The van der Waals surface area contributed by atoms with E-state index in [1.807, 2.05) is 13.8 Å². The van der Waals surface area contributed by atoms with Crippen molar-refractivity contribution < 1.29 is 9.84 Å². The first kappa shape index (κ1) is 8.97. The predicted molar refractivity (Wildman–Crippen MR) is 43.2 cm³/mol. The Morgan fingerprint density at radius 2 is 2.18 bits per heavy atom. The Bertz CT molecular complexity index is 145. The molecule has 1 heterocycles. The highest BCUT2D eigenvalue weighted by molar-refractivity contribution is 4.93. The lowest BCUT2D eigenvalue weighted by atomic mass is 9.91. The minimum atomic E-state index is -0.505. The van der Waals surface area contributed by atoms with E-state index in [0.717, 1.165) is 6.42 Å². The van der Waals surface area contributed by atoms with E-state index in [2.05, 4.69) is 0 Å². The molecule has 3 heteroatoms. The van der Waals surface area contributed by atoms with Gasteiger partial charge in [0, 0.05) is 5.54 Å². The van der Waals surface area contributed by atoms with Gasteiger partial charge in [-0.15, -0.1) is 0 Å². The third-order valence-corrected chi connectivity index (χ3v) is 2.43. The van der Waals surface area contributed by atoms with Gasteiger partial charge in [0.05, 0.1) is 18.3 Å². The van der Waals surface area contributed by atoms with Gasteiger partial charge in [-0.05, 0) is 27.2 Å². The van der Waals surface area contributed by atoms with Gasteiger partial charge in [0.1, 0.15) is 0 Å². The lowest BCUT2D eigenvalue weighted by molar-refractivity contribution is 0.0995. The van der Waals surface area contributed by atoms with Gasteiger partial charge < -0.3 is 15.6 Å². The van der Waals surface area contributed by atoms with Crippen molar-refractivity contribution >= 4 is 0 Å². The van der Waals surface area contributed by atoms with E-state index in [0.29, 0.717) is 6.10 Å². The van der Waals surface area contributed by atoms with Gasteiger partial charge in [-0.3, -0.25) is 0 Å². The van der Waals surface area contributed by atoms with E-state index in [1.165, 1.54) is 0 Å². The van der Waals surface area contributed by atoms with E-state index in [1.54, 1.807) is 6.92 Å². The summed E-state index contributed by atoms with van der Waals surface area (Å²) in [5.41, 5.74) is 5.33. The minimum absolute atomic E-state index is 0.264. The average Bonchev–Trinajstić information content (AvgIpc) is 2.45. The number of aliphatic hydroxyl groups excluding tert-OH is 1. The van der Waals surface area contributed by atoms with Crippen LogP contribution < -0.4 is 5.73 Å². The van der Waals surface area contributed by atoms with Crippen molar-refractivity contribution in [3.05, 3.63) is 0 Å². The predicted octanol–water partition coefficient (Wildman–Crippen LogP) is 0.262. The zero-order valence-corrected chi connectivity index (χ0v) is 7.37. The zero-order chi connectivity index (χ0) is 8.65. The number of epoxide rings is 1. The van der Waals surface area contributed by atoms with Crippen LogP contribution in [0.15, 0.2) is 0 Å². The highest BCUT2D eigenvalue weighted by atomic mass is 16.6. The second-order valence-electron chi connectivity index (χ2n) is 3.77. The number of hydrogen-bond acceptors (Lipinski definition) is 3. The summed E-state index contributed by atoms with van der Waals surface area (Å²) in [5.74, 6) is 0. The standard InChI is InChI=1S/C8H17NO2/c1-5-7(11-5)4-8(3,9)6(2)10/h5-7,10H,4,9H2,1-3H3. The fourth-order valence-electron chi connectivity index (χ4n) is 1.05.